The maximum atomic E-state index is 14.9. The molecule has 2 aliphatic rings. The highest BCUT2D eigenvalue weighted by Gasteiger charge is 2.34. The lowest BCUT2D eigenvalue weighted by Gasteiger charge is -2.35. The van der Waals surface area contributed by atoms with Crippen LogP contribution in [0.4, 0.5) is 20.3 Å². The number of nitrogens with zero attached hydrogens (tertiary/aromatic N) is 5. The molecular weight excluding hydrogens is 592 g/mol. The third kappa shape index (κ3) is 5.37. The number of ether oxygens (including phenoxy) is 1. The minimum atomic E-state index is -3.79. The first-order valence-electron chi connectivity index (χ1n) is 14.5. The molecule has 2 fully saturated rings. The van der Waals surface area contributed by atoms with Gasteiger partial charge in [-0.05, 0) is 55.3 Å². The van der Waals surface area contributed by atoms with Crippen molar-refractivity contribution in [2.24, 2.45) is 5.92 Å². The van der Waals surface area contributed by atoms with Crippen LogP contribution in [0.2, 0.25) is 0 Å². The molecule has 2 N–H and O–H groups in total. The predicted octanol–water partition coefficient (Wildman–Crippen LogP) is 3.43. The average Bonchev–Trinajstić information content (AvgIpc) is 3.73. The van der Waals surface area contributed by atoms with Gasteiger partial charge in [-0.15, -0.1) is 0 Å². The minimum absolute atomic E-state index is 0.0107. The number of nitrogens with one attached hydrogen (secondary N) is 2. The van der Waals surface area contributed by atoms with Gasteiger partial charge in [-0.3, -0.25) is 9.20 Å². The van der Waals surface area contributed by atoms with Crippen molar-refractivity contribution in [1.29, 1.82) is 0 Å². The molecule has 232 valence electrons. The Bertz CT molecular complexity index is 1820. The molecule has 0 bridgehead atoms. The van der Waals surface area contributed by atoms with E-state index in [1.54, 1.807) is 33.7 Å². The Hall–Kier alpha value is -4.14. The molecule has 4 aromatic rings. The zero-order chi connectivity index (χ0) is 31.0. The second kappa shape index (κ2) is 12.1. The zero-order valence-electron chi connectivity index (χ0n) is 24.4. The molecule has 0 unspecified atom stereocenters. The van der Waals surface area contributed by atoms with E-state index >= 15 is 0 Å². The molecule has 1 atom stereocenters. The number of methoxy groups -OCH3 is 1. The summed E-state index contributed by atoms with van der Waals surface area (Å²) in [7, 11) is -2.52. The normalized spacial score (nSPS) is 17.7. The number of aromatic nitrogens is 3. The molecule has 2 saturated heterocycles. The van der Waals surface area contributed by atoms with Crippen LogP contribution in [0.25, 0.3) is 16.9 Å². The molecule has 0 radical (unpaired) electrons. The first kappa shape index (κ1) is 29.9. The molecule has 2 aliphatic heterocycles. The first-order valence-corrected chi connectivity index (χ1v) is 15.9. The number of fused-ring (bicyclic) bond motifs is 1. The fourth-order valence-corrected chi connectivity index (χ4v) is 7.52. The number of halogens is 2. The molecule has 6 rings (SSSR count). The number of benzene rings is 2. The number of carbonyl (C=O) groups excluding carboxylic acids is 1. The van der Waals surface area contributed by atoms with Gasteiger partial charge in [0.2, 0.25) is 21.7 Å². The van der Waals surface area contributed by atoms with Crippen LogP contribution < -0.4 is 15.4 Å². The summed E-state index contributed by atoms with van der Waals surface area (Å²) in [5.41, 5.74) is 1.91. The number of hydrogen-bond donors (Lipinski definition) is 2. The van der Waals surface area contributed by atoms with E-state index in [1.165, 1.54) is 35.9 Å². The van der Waals surface area contributed by atoms with Crippen molar-refractivity contribution in [2.45, 2.75) is 24.7 Å². The Morgan fingerprint density at radius 1 is 1.11 bits per heavy atom. The summed E-state index contributed by atoms with van der Waals surface area (Å²) in [6.07, 6.45) is 5.80. The van der Waals surface area contributed by atoms with E-state index in [0.717, 1.165) is 13.0 Å². The van der Waals surface area contributed by atoms with E-state index in [0.29, 0.717) is 54.5 Å². The lowest BCUT2D eigenvalue weighted by atomic mass is 10.1. The van der Waals surface area contributed by atoms with E-state index in [9.17, 15) is 22.0 Å². The topological polar surface area (TPSA) is 121 Å². The highest BCUT2D eigenvalue weighted by Crippen LogP contribution is 2.32. The van der Waals surface area contributed by atoms with Gasteiger partial charge in [-0.2, -0.15) is 8.70 Å². The standard InChI is InChI=1S/C30H33F2N7O4S/c1-3-19-16-21(4-7-25(19)44(41,42)38-14-12-37(13-15-38)30(40)20-8-9-33-17-20)36-28-29-35-18-23(39(29)11-10-34-28)22-5-6-24(43-2)27(32)26(22)31/h4-7,10-11,16,18,20,33H,3,8-9,12-15,17H2,1-2H3,(H,34,36)/t20-/m1/s1. The van der Waals surface area contributed by atoms with E-state index in [2.05, 4.69) is 20.6 Å². The first-order chi connectivity index (χ1) is 21.2. The lowest BCUT2D eigenvalue weighted by molar-refractivity contribution is -0.136. The van der Waals surface area contributed by atoms with Crippen LogP contribution in [-0.2, 0) is 21.2 Å². The number of sulfonamides is 1. The summed E-state index contributed by atoms with van der Waals surface area (Å²) in [5, 5.41) is 6.40. The smallest absolute Gasteiger partial charge is 0.243 e. The molecule has 0 aliphatic carbocycles. The number of hydrogen-bond acceptors (Lipinski definition) is 8. The van der Waals surface area contributed by atoms with Crippen molar-refractivity contribution in [3.63, 3.8) is 0 Å². The van der Waals surface area contributed by atoms with Gasteiger partial charge >= 0.3 is 0 Å². The lowest BCUT2D eigenvalue weighted by Crippen LogP contribution is -2.52. The van der Waals surface area contributed by atoms with Crippen molar-refractivity contribution in [3.05, 3.63) is 66.1 Å². The van der Waals surface area contributed by atoms with Gasteiger partial charge in [0.05, 0.1) is 29.8 Å². The molecule has 4 heterocycles. The summed E-state index contributed by atoms with van der Waals surface area (Å²) in [4.78, 5) is 23.5. The van der Waals surface area contributed by atoms with Gasteiger partial charge in [-0.1, -0.05) is 6.92 Å². The van der Waals surface area contributed by atoms with Crippen LogP contribution in [0.3, 0.4) is 0 Å². The fraction of sp³-hybridized carbons (Fsp3) is 0.367. The van der Waals surface area contributed by atoms with Crippen LogP contribution in [0.15, 0.2) is 53.8 Å². The van der Waals surface area contributed by atoms with Gasteiger partial charge in [0, 0.05) is 56.4 Å². The SMILES string of the molecule is CCc1cc(Nc2nccn3c(-c4ccc(OC)c(F)c4F)cnc23)ccc1S(=O)(=O)N1CCN(C(=O)[C@@H]2CCNC2)CC1. The summed E-state index contributed by atoms with van der Waals surface area (Å²) in [5.74, 6) is -1.94. The van der Waals surface area contributed by atoms with Gasteiger partial charge in [0.25, 0.3) is 0 Å². The maximum absolute atomic E-state index is 14.9. The Morgan fingerprint density at radius 2 is 1.91 bits per heavy atom. The summed E-state index contributed by atoms with van der Waals surface area (Å²) < 4.78 is 64.5. The third-order valence-corrected chi connectivity index (χ3v) is 10.3. The van der Waals surface area contributed by atoms with Crippen molar-refractivity contribution in [1.82, 2.24) is 28.9 Å². The van der Waals surface area contributed by atoms with E-state index in [-0.39, 0.29) is 41.1 Å². The predicted molar refractivity (Wildman–Crippen MR) is 160 cm³/mol. The summed E-state index contributed by atoms with van der Waals surface area (Å²) in [6.45, 7) is 4.59. The number of aryl methyl sites for hydroxylation is 1. The number of imidazole rings is 1. The maximum Gasteiger partial charge on any atom is 0.243 e. The Kier molecular flexibility index (Phi) is 8.22. The summed E-state index contributed by atoms with van der Waals surface area (Å²) in [6, 6.07) is 7.76. The van der Waals surface area contributed by atoms with Crippen LogP contribution in [0.1, 0.15) is 18.9 Å². The number of carbonyl (C=O) groups is 1. The van der Waals surface area contributed by atoms with Gasteiger partial charge in [0.1, 0.15) is 0 Å². The van der Waals surface area contributed by atoms with E-state index in [1.807, 2.05) is 6.92 Å². The van der Waals surface area contributed by atoms with Crippen molar-refractivity contribution in [2.75, 3.05) is 51.7 Å². The highest BCUT2D eigenvalue weighted by atomic mass is 32.2. The summed E-state index contributed by atoms with van der Waals surface area (Å²) >= 11 is 0. The quantitative estimate of drug-likeness (QED) is 0.306. The zero-order valence-corrected chi connectivity index (χ0v) is 25.2. The molecule has 14 heteroatoms. The number of piperazine rings is 1. The van der Waals surface area contributed by atoms with Gasteiger partial charge in [-0.25, -0.2) is 22.8 Å². The van der Waals surface area contributed by atoms with E-state index < -0.39 is 21.7 Å². The van der Waals surface area contributed by atoms with Crippen LogP contribution in [0.5, 0.6) is 5.75 Å². The van der Waals surface area contributed by atoms with Gasteiger partial charge < -0.3 is 20.3 Å². The molecule has 44 heavy (non-hydrogen) atoms. The van der Waals surface area contributed by atoms with Crippen molar-refractivity contribution in [3.8, 4) is 17.0 Å². The van der Waals surface area contributed by atoms with E-state index in [4.69, 9.17) is 4.74 Å². The Morgan fingerprint density at radius 3 is 2.61 bits per heavy atom. The fourth-order valence-electron chi connectivity index (χ4n) is 5.83. The number of anilines is 2. The number of rotatable bonds is 8. The number of amides is 1. The van der Waals surface area contributed by atoms with Crippen LogP contribution in [-0.4, -0.2) is 84.3 Å². The van der Waals surface area contributed by atoms with Gasteiger partial charge in [0.15, 0.2) is 23.0 Å². The van der Waals surface area contributed by atoms with Crippen molar-refractivity contribution >= 4 is 33.1 Å². The van der Waals surface area contributed by atoms with Crippen LogP contribution >= 0.6 is 0 Å². The third-order valence-electron chi connectivity index (χ3n) is 8.25. The molecule has 2 aromatic heterocycles. The Labute approximate surface area is 253 Å². The molecule has 11 nitrogen and oxygen atoms in total. The van der Waals surface area contributed by atoms with Crippen molar-refractivity contribution < 1.29 is 26.7 Å². The molecule has 2 aromatic carbocycles. The minimum Gasteiger partial charge on any atom is -0.494 e. The Balaban J connectivity index is 1.22. The highest BCUT2D eigenvalue weighted by molar-refractivity contribution is 7.89. The second-order valence-electron chi connectivity index (χ2n) is 10.8. The molecule has 1 amide bonds. The molecular formula is C30H33F2N7O4S. The molecule has 0 saturated carbocycles. The second-order valence-corrected chi connectivity index (χ2v) is 12.7. The monoisotopic (exact) mass is 625 g/mol. The molecule has 0 spiro atoms. The van der Waals surface area contributed by atoms with Crippen LogP contribution in [0, 0.1) is 17.6 Å². The largest absolute Gasteiger partial charge is 0.494 e. The average molecular weight is 626 g/mol.